The molecule has 4 heteroatoms. The second-order valence-corrected chi connectivity index (χ2v) is 4.24. The van der Waals surface area contributed by atoms with E-state index in [-0.39, 0.29) is 12.1 Å². The number of carbonyl (C=O) groups excluding carboxylic acids is 1. The number of nitrogens with zero attached hydrogens (tertiary/aromatic N) is 1. The molecule has 1 atom stereocenters. The van der Waals surface area contributed by atoms with Gasteiger partial charge in [-0.15, -0.1) is 0 Å². The van der Waals surface area contributed by atoms with Crippen LogP contribution in [0.5, 0.6) is 0 Å². The van der Waals surface area contributed by atoms with E-state index in [1.165, 1.54) is 7.11 Å². The van der Waals surface area contributed by atoms with Gasteiger partial charge in [-0.05, 0) is 31.7 Å². The zero-order chi connectivity index (χ0) is 12.8. The van der Waals surface area contributed by atoms with Crippen molar-refractivity contribution in [3.63, 3.8) is 0 Å². The van der Waals surface area contributed by atoms with E-state index in [0.29, 0.717) is 18.7 Å². The molecule has 0 amide bonds. The van der Waals surface area contributed by atoms with E-state index in [4.69, 9.17) is 0 Å². The van der Waals surface area contributed by atoms with Crippen molar-refractivity contribution >= 4 is 5.97 Å². The maximum Gasteiger partial charge on any atom is 0.337 e. The van der Waals surface area contributed by atoms with E-state index >= 15 is 0 Å². The lowest BCUT2D eigenvalue weighted by molar-refractivity contribution is 0.0600. The van der Waals surface area contributed by atoms with Crippen molar-refractivity contribution in [2.24, 2.45) is 0 Å². The lowest BCUT2D eigenvalue weighted by atomic mass is 10.1. The predicted molar refractivity (Wildman–Crippen MR) is 65.8 cm³/mol. The van der Waals surface area contributed by atoms with E-state index in [2.05, 4.69) is 4.74 Å². The van der Waals surface area contributed by atoms with Crippen LogP contribution in [0.25, 0.3) is 0 Å². The van der Waals surface area contributed by atoms with Crippen LogP contribution in [0.3, 0.4) is 0 Å². The first-order valence-corrected chi connectivity index (χ1v) is 5.56. The van der Waals surface area contributed by atoms with E-state index in [9.17, 15) is 9.90 Å². The number of rotatable bonds is 5. The average molecular weight is 237 g/mol. The van der Waals surface area contributed by atoms with Crippen LogP contribution in [-0.2, 0) is 11.3 Å². The van der Waals surface area contributed by atoms with Gasteiger partial charge in [0.15, 0.2) is 0 Å². The minimum absolute atomic E-state index is 0.329. The number of benzene rings is 1. The number of methoxy groups -OCH3 is 1. The number of likely N-dealkylation sites (N-methyl/N-ethyl adjacent to an activating group) is 1. The highest BCUT2D eigenvalue weighted by molar-refractivity contribution is 5.89. The summed E-state index contributed by atoms with van der Waals surface area (Å²) in [6, 6.07) is 7.32. The number of hydrogen-bond donors (Lipinski definition) is 1. The Balaban J connectivity index is 2.68. The molecule has 0 saturated heterocycles. The molecule has 0 fully saturated rings. The van der Waals surface area contributed by atoms with Crippen molar-refractivity contribution in [1.82, 2.24) is 4.90 Å². The number of hydrogen-bond acceptors (Lipinski definition) is 4. The normalized spacial score (nSPS) is 12.5. The summed E-state index contributed by atoms with van der Waals surface area (Å²) in [6.45, 7) is 3.04. The Morgan fingerprint density at radius 1 is 1.53 bits per heavy atom. The van der Waals surface area contributed by atoms with Crippen LogP contribution in [0.2, 0.25) is 0 Å². The van der Waals surface area contributed by atoms with Crippen molar-refractivity contribution in [2.75, 3.05) is 20.7 Å². The van der Waals surface area contributed by atoms with Gasteiger partial charge in [-0.2, -0.15) is 0 Å². The van der Waals surface area contributed by atoms with Crippen molar-refractivity contribution in [1.29, 1.82) is 0 Å². The van der Waals surface area contributed by atoms with Gasteiger partial charge >= 0.3 is 5.97 Å². The molecule has 0 aliphatic carbocycles. The quantitative estimate of drug-likeness (QED) is 0.784. The molecule has 0 saturated carbocycles. The van der Waals surface area contributed by atoms with Crippen LogP contribution in [0.1, 0.15) is 22.8 Å². The third-order valence-corrected chi connectivity index (χ3v) is 2.38. The van der Waals surface area contributed by atoms with Crippen LogP contribution in [0, 0.1) is 0 Å². The van der Waals surface area contributed by atoms with E-state index < -0.39 is 0 Å². The molecule has 0 spiro atoms. The molecule has 1 rings (SSSR count). The molecule has 1 unspecified atom stereocenters. The number of carbonyl (C=O) groups is 1. The Hall–Kier alpha value is -1.39. The first kappa shape index (κ1) is 13.7. The van der Waals surface area contributed by atoms with Gasteiger partial charge in [0.05, 0.1) is 18.8 Å². The molecule has 0 heterocycles. The Labute approximate surface area is 102 Å². The monoisotopic (exact) mass is 237 g/mol. The lowest BCUT2D eigenvalue weighted by Gasteiger charge is -2.18. The highest BCUT2D eigenvalue weighted by Gasteiger charge is 2.08. The van der Waals surface area contributed by atoms with Gasteiger partial charge in [-0.3, -0.25) is 4.90 Å². The maximum atomic E-state index is 11.4. The van der Waals surface area contributed by atoms with Gasteiger partial charge in [0.2, 0.25) is 0 Å². The number of aliphatic hydroxyl groups is 1. The fourth-order valence-corrected chi connectivity index (χ4v) is 1.74. The van der Waals surface area contributed by atoms with Crippen molar-refractivity contribution in [2.45, 2.75) is 19.6 Å². The molecule has 0 bridgehead atoms. The molecular formula is C13H19NO3. The van der Waals surface area contributed by atoms with Crippen LogP contribution in [0.4, 0.5) is 0 Å². The Kier molecular flexibility index (Phi) is 5.12. The smallest absolute Gasteiger partial charge is 0.337 e. The molecule has 17 heavy (non-hydrogen) atoms. The SMILES string of the molecule is COC(=O)c1cccc(CN(C)CC(C)O)c1. The summed E-state index contributed by atoms with van der Waals surface area (Å²) in [5.74, 6) is -0.329. The molecule has 1 N–H and O–H groups in total. The van der Waals surface area contributed by atoms with Gasteiger partial charge in [0.25, 0.3) is 0 Å². The summed E-state index contributed by atoms with van der Waals surface area (Å²) in [7, 11) is 3.30. The minimum Gasteiger partial charge on any atom is -0.465 e. The zero-order valence-electron chi connectivity index (χ0n) is 10.5. The van der Waals surface area contributed by atoms with Gasteiger partial charge in [-0.25, -0.2) is 4.79 Å². The average Bonchev–Trinajstić information content (AvgIpc) is 2.27. The summed E-state index contributed by atoms with van der Waals surface area (Å²) in [4.78, 5) is 13.4. The fourth-order valence-electron chi connectivity index (χ4n) is 1.74. The largest absolute Gasteiger partial charge is 0.465 e. The molecule has 0 aromatic heterocycles. The van der Waals surface area contributed by atoms with Crippen LogP contribution in [0.15, 0.2) is 24.3 Å². The minimum atomic E-state index is -0.358. The first-order chi connectivity index (χ1) is 8.02. The highest BCUT2D eigenvalue weighted by Crippen LogP contribution is 2.09. The fraction of sp³-hybridized carbons (Fsp3) is 0.462. The van der Waals surface area contributed by atoms with Crippen molar-refractivity contribution in [3.8, 4) is 0 Å². The van der Waals surface area contributed by atoms with Crippen molar-refractivity contribution in [3.05, 3.63) is 35.4 Å². The zero-order valence-corrected chi connectivity index (χ0v) is 10.5. The summed E-state index contributed by atoms with van der Waals surface area (Å²) in [5, 5.41) is 9.27. The summed E-state index contributed by atoms with van der Waals surface area (Å²) >= 11 is 0. The molecule has 4 nitrogen and oxygen atoms in total. The Morgan fingerprint density at radius 3 is 2.82 bits per heavy atom. The summed E-state index contributed by atoms with van der Waals surface area (Å²) < 4.78 is 4.67. The lowest BCUT2D eigenvalue weighted by Crippen LogP contribution is -2.26. The van der Waals surface area contributed by atoms with Gasteiger partial charge in [0.1, 0.15) is 0 Å². The maximum absolute atomic E-state index is 11.4. The van der Waals surface area contributed by atoms with Crippen LogP contribution < -0.4 is 0 Å². The molecule has 0 aliphatic heterocycles. The third kappa shape index (κ3) is 4.54. The molecule has 0 radical (unpaired) electrons. The van der Waals surface area contributed by atoms with Gasteiger partial charge in [0, 0.05) is 13.1 Å². The highest BCUT2D eigenvalue weighted by atomic mass is 16.5. The van der Waals surface area contributed by atoms with Crippen LogP contribution >= 0.6 is 0 Å². The van der Waals surface area contributed by atoms with Crippen LogP contribution in [-0.4, -0.2) is 42.8 Å². The third-order valence-electron chi connectivity index (χ3n) is 2.38. The Morgan fingerprint density at radius 2 is 2.24 bits per heavy atom. The number of aliphatic hydroxyl groups excluding tert-OH is 1. The van der Waals surface area contributed by atoms with E-state index in [1.807, 2.05) is 30.1 Å². The second-order valence-electron chi connectivity index (χ2n) is 4.24. The predicted octanol–water partition coefficient (Wildman–Crippen LogP) is 1.29. The summed E-state index contributed by atoms with van der Waals surface area (Å²) in [6.07, 6.45) is -0.358. The van der Waals surface area contributed by atoms with Gasteiger partial charge in [-0.1, -0.05) is 12.1 Å². The van der Waals surface area contributed by atoms with E-state index in [1.54, 1.807) is 13.0 Å². The standard InChI is InChI=1S/C13H19NO3/c1-10(15)8-14(2)9-11-5-4-6-12(7-11)13(16)17-3/h4-7,10,15H,8-9H2,1-3H3. The first-order valence-electron chi connectivity index (χ1n) is 5.56. The van der Waals surface area contributed by atoms with Gasteiger partial charge < -0.3 is 9.84 Å². The molecule has 1 aromatic rings. The molecule has 0 aliphatic rings. The Bertz CT molecular complexity index is 377. The van der Waals surface area contributed by atoms with Crippen molar-refractivity contribution < 1.29 is 14.6 Å². The number of ether oxygens (including phenoxy) is 1. The molecular weight excluding hydrogens is 218 g/mol. The molecule has 94 valence electrons. The second kappa shape index (κ2) is 6.37. The number of esters is 1. The molecule has 1 aromatic carbocycles. The summed E-state index contributed by atoms with van der Waals surface area (Å²) in [5.41, 5.74) is 1.58. The van der Waals surface area contributed by atoms with E-state index in [0.717, 1.165) is 5.56 Å². The topological polar surface area (TPSA) is 49.8 Å².